The van der Waals surface area contributed by atoms with Crippen LogP contribution in [0.4, 0.5) is 5.69 Å². The summed E-state index contributed by atoms with van der Waals surface area (Å²) >= 11 is 1.29. The Balaban J connectivity index is 1.49. The van der Waals surface area contributed by atoms with E-state index in [0.717, 1.165) is 22.7 Å². The van der Waals surface area contributed by atoms with Gasteiger partial charge in [0.25, 0.3) is 0 Å². The van der Waals surface area contributed by atoms with E-state index < -0.39 is 0 Å². The Kier molecular flexibility index (Phi) is 5.71. The fourth-order valence-corrected chi connectivity index (χ4v) is 3.44. The Morgan fingerprint density at radius 1 is 1.03 bits per heavy atom. The van der Waals surface area contributed by atoms with E-state index in [1.54, 1.807) is 4.52 Å². The number of rotatable bonds is 7. The monoisotopic (exact) mass is 405 g/mol. The number of carbonyl (C=O) groups excluding carboxylic acids is 1. The van der Waals surface area contributed by atoms with Gasteiger partial charge in [0.2, 0.25) is 11.1 Å². The van der Waals surface area contributed by atoms with Crippen LogP contribution in [0.3, 0.4) is 0 Å². The van der Waals surface area contributed by atoms with Crippen molar-refractivity contribution in [3.63, 3.8) is 0 Å². The predicted octanol–water partition coefficient (Wildman–Crippen LogP) is 3.92. The van der Waals surface area contributed by atoms with Crippen molar-refractivity contribution >= 4 is 29.0 Å². The van der Waals surface area contributed by atoms with Crippen LogP contribution < -0.4 is 10.1 Å². The molecule has 0 aliphatic carbocycles. The quantitative estimate of drug-likeness (QED) is 0.469. The minimum atomic E-state index is -0.111. The molecule has 0 radical (unpaired) electrons. The summed E-state index contributed by atoms with van der Waals surface area (Å²) in [4.78, 5) is 12.2. The zero-order valence-corrected chi connectivity index (χ0v) is 16.6. The van der Waals surface area contributed by atoms with Gasteiger partial charge in [-0.1, -0.05) is 30.0 Å². The second kappa shape index (κ2) is 8.74. The van der Waals surface area contributed by atoms with Crippen molar-refractivity contribution in [2.45, 2.75) is 12.1 Å². The van der Waals surface area contributed by atoms with E-state index >= 15 is 0 Å². The molecule has 0 aliphatic heterocycles. The van der Waals surface area contributed by atoms with Crippen molar-refractivity contribution in [3.05, 3.63) is 66.7 Å². The van der Waals surface area contributed by atoms with Crippen molar-refractivity contribution in [2.75, 3.05) is 17.7 Å². The van der Waals surface area contributed by atoms with Crippen LogP contribution in [0.1, 0.15) is 6.92 Å². The van der Waals surface area contributed by atoms with Gasteiger partial charge < -0.3 is 10.1 Å². The van der Waals surface area contributed by atoms with E-state index in [9.17, 15) is 4.79 Å². The highest BCUT2D eigenvalue weighted by atomic mass is 32.2. The molecule has 1 N–H and O–H groups in total. The van der Waals surface area contributed by atoms with E-state index in [-0.39, 0.29) is 11.7 Å². The van der Waals surface area contributed by atoms with Gasteiger partial charge in [0.15, 0.2) is 5.65 Å². The van der Waals surface area contributed by atoms with Gasteiger partial charge in [-0.25, -0.2) is 0 Å². The lowest BCUT2D eigenvalue weighted by atomic mass is 10.1. The summed E-state index contributed by atoms with van der Waals surface area (Å²) < 4.78 is 7.14. The van der Waals surface area contributed by atoms with Gasteiger partial charge in [-0.3, -0.25) is 4.79 Å². The molecule has 0 unspecified atom stereocenters. The lowest BCUT2D eigenvalue weighted by molar-refractivity contribution is -0.113. The number of hydrogen-bond acceptors (Lipinski definition) is 6. The van der Waals surface area contributed by atoms with Gasteiger partial charge >= 0.3 is 0 Å². The number of aromatic nitrogens is 4. The number of carbonyl (C=O) groups is 1. The van der Waals surface area contributed by atoms with Crippen LogP contribution in [0.25, 0.3) is 16.9 Å². The van der Waals surface area contributed by atoms with E-state index in [1.807, 2.05) is 73.7 Å². The van der Waals surface area contributed by atoms with E-state index in [1.165, 1.54) is 11.8 Å². The van der Waals surface area contributed by atoms with Gasteiger partial charge in [0.05, 0.1) is 18.1 Å². The second-order valence-corrected chi connectivity index (χ2v) is 7.07. The molecule has 0 fully saturated rings. The molecule has 0 aliphatic rings. The molecule has 1 amide bonds. The third-order valence-electron chi connectivity index (χ3n) is 4.09. The van der Waals surface area contributed by atoms with E-state index in [0.29, 0.717) is 17.4 Å². The molecule has 8 heteroatoms. The molecule has 29 heavy (non-hydrogen) atoms. The number of thioether (sulfide) groups is 1. The summed E-state index contributed by atoms with van der Waals surface area (Å²) in [6.45, 7) is 2.58. The molecule has 4 aromatic rings. The van der Waals surface area contributed by atoms with Gasteiger partial charge in [-0.2, -0.15) is 9.61 Å². The maximum absolute atomic E-state index is 12.2. The topological polar surface area (TPSA) is 81.4 Å². The second-order valence-electron chi connectivity index (χ2n) is 6.13. The predicted molar refractivity (Wildman–Crippen MR) is 113 cm³/mol. The minimum absolute atomic E-state index is 0.111. The van der Waals surface area contributed by atoms with Crippen molar-refractivity contribution in [3.8, 4) is 17.0 Å². The average molecular weight is 405 g/mol. The number of nitrogens with zero attached hydrogens (tertiary/aromatic N) is 4. The molecule has 2 aromatic carbocycles. The molecule has 2 heterocycles. The number of para-hydroxylation sites is 1. The zero-order chi connectivity index (χ0) is 20.1. The fourth-order valence-electron chi connectivity index (χ4n) is 2.75. The lowest BCUT2D eigenvalue weighted by Crippen LogP contribution is -2.14. The number of amides is 1. The molecular formula is C21H19N5O2S. The first kappa shape index (κ1) is 18.9. The zero-order valence-electron chi connectivity index (χ0n) is 15.8. The van der Waals surface area contributed by atoms with Crippen LogP contribution in [0.5, 0.6) is 5.75 Å². The smallest absolute Gasteiger partial charge is 0.234 e. The Hall–Kier alpha value is -3.39. The molecule has 0 atom stereocenters. The average Bonchev–Trinajstić information content (AvgIpc) is 3.16. The first-order chi connectivity index (χ1) is 14.2. The molecule has 146 valence electrons. The normalized spacial score (nSPS) is 10.8. The Morgan fingerprint density at radius 2 is 1.83 bits per heavy atom. The fraction of sp³-hybridized carbons (Fsp3) is 0.143. The maximum Gasteiger partial charge on any atom is 0.234 e. The van der Waals surface area contributed by atoms with Crippen LogP contribution in [0, 0.1) is 0 Å². The summed E-state index contributed by atoms with van der Waals surface area (Å²) in [5.74, 6) is 0.924. The van der Waals surface area contributed by atoms with Crippen LogP contribution in [-0.4, -0.2) is 38.1 Å². The summed E-state index contributed by atoms with van der Waals surface area (Å²) in [7, 11) is 0. The van der Waals surface area contributed by atoms with Crippen molar-refractivity contribution in [1.29, 1.82) is 0 Å². The number of hydrogen-bond donors (Lipinski definition) is 1. The molecule has 0 bridgehead atoms. The summed E-state index contributed by atoms with van der Waals surface area (Å²) in [6, 6.07) is 20.9. The van der Waals surface area contributed by atoms with Gasteiger partial charge in [-0.05, 0) is 55.5 Å². The first-order valence-corrected chi connectivity index (χ1v) is 10.1. The summed E-state index contributed by atoms with van der Waals surface area (Å²) in [5, 5.41) is 16.4. The molecule has 4 rings (SSSR count). The highest BCUT2D eigenvalue weighted by Gasteiger charge is 2.12. The molecule has 0 spiro atoms. The molecule has 2 aromatic heterocycles. The highest BCUT2D eigenvalue weighted by molar-refractivity contribution is 7.99. The highest BCUT2D eigenvalue weighted by Crippen LogP contribution is 2.23. The van der Waals surface area contributed by atoms with Crippen LogP contribution in [0.2, 0.25) is 0 Å². The third-order valence-corrected chi connectivity index (χ3v) is 5.00. The Labute approximate surface area is 172 Å². The van der Waals surface area contributed by atoms with Gasteiger partial charge in [0, 0.05) is 11.3 Å². The van der Waals surface area contributed by atoms with E-state index in [4.69, 9.17) is 4.74 Å². The van der Waals surface area contributed by atoms with Crippen LogP contribution >= 0.6 is 11.8 Å². The van der Waals surface area contributed by atoms with Gasteiger partial charge in [-0.15, -0.1) is 10.2 Å². The molecule has 0 saturated carbocycles. The Bertz CT molecular complexity index is 1110. The standard InChI is InChI=1S/C21H19N5O2S/c1-2-28-17-10-8-15(9-11-17)18-12-13-19-23-24-21(26(19)25-18)29-14-20(27)22-16-6-4-3-5-7-16/h3-13H,2,14H2,1H3,(H,22,27). The largest absolute Gasteiger partial charge is 0.494 e. The molecule has 0 saturated heterocycles. The number of benzene rings is 2. The number of nitrogens with one attached hydrogen (secondary N) is 1. The van der Waals surface area contributed by atoms with Crippen molar-refractivity contribution in [2.24, 2.45) is 0 Å². The Morgan fingerprint density at radius 3 is 2.59 bits per heavy atom. The first-order valence-electron chi connectivity index (χ1n) is 9.16. The van der Waals surface area contributed by atoms with Crippen LogP contribution in [0.15, 0.2) is 71.9 Å². The summed E-state index contributed by atoms with van der Waals surface area (Å²) in [6.07, 6.45) is 0. The van der Waals surface area contributed by atoms with E-state index in [2.05, 4.69) is 20.6 Å². The van der Waals surface area contributed by atoms with Crippen molar-refractivity contribution in [1.82, 2.24) is 19.8 Å². The SMILES string of the molecule is CCOc1ccc(-c2ccc3nnc(SCC(=O)Nc4ccccc4)n3n2)cc1. The van der Waals surface area contributed by atoms with Crippen molar-refractivity contribution < 1.29 is 9.53 Å². The third kappa shape index (κ3) is 4.55. The lowest BCUT2D eigenvalue weighted by Gasteiger charge is -2.06. The molecule has 7 nitrogen and oxygen atoms in total. The molecular weight excluding hydrogens is 386 g/mol. The van der Waals surface area contributed by atoms with Crippen LogP contribution in [-0.2, 0) is 4.79 Å². The number of anilines is 1. The minimum Gasteiger partial charge on any atom is -0.494 e. The number of fused-ring (bicyclic) bond motifs is 1. The van der Waals surface area contributed by atoms with Gasteiger partial charge in [0.1, 0.15) is 5.75 Å². The number of ether oxygens (including phenoxy) is 1. The maximum atomic E-state index is 12.2. The summed E-state index contributed by atoms with van der Waals surface area (Å²) in [5.41, 5.74) is 3.14.